The smallest absolute Gasteiger partial charge is 0.244 e. The van der Waals surface area contributed by atoms with Crippen molar-refractivity contribution >= 4 is 46.2 Å². The number of halogens is 2. The van der Waals surface area contributed by atoms with E-state index in [0.29, 0.717) is 17.1 Å². The van der Waals surface area contributed by atoms with Crippen molar-refractivity contribution in [2.24, 2.45) is 10.9 Å². The Morgan fingerprint density at radius 3 is 2.79 bits per heavy atom. The minimum absolute atomic E-state index is 0.105. The lowest BCUT2D eigenvalue weighted by Gasteiger charge is -2.25. The van der Waals surface area contributed by atoms with Crippen molar-refractivity contribution in [2.45, 2.75) is 33.1 Å². The van der Waals surface area contributed by atoms with Crippen molar-refractivity contribution in [2.75, 3.05) is 16.8 Å². The van der Waals surface area contributed by atoms with Gasteiger partial charge in [0.1, 0.15) is 12.4 Å². The van der Waals surface area contributed by atoms with Crippen LogP contribution in [0.25, 0.3) is 0 Å². The monoisotopic (exact) mass is 413 g/mol. The molecule has 1 N–H and O–H groups in total. The zero-order chi connectivity index (χ0) is 20.7. The van der Waals surface area contributed by atoms with Gasteiger partial charge >= 0.3 is 0 Å². The maximum absolute atomic E-state index is 13.3. The lowest BCUT2D eigenvalue weighted by Crippen LogP contribution is -2.42. The van der Waals surface area contributed by atoms with Gasteiger partial charge in [0.05, 0.1) is 28.0 Å². The molecule has 1 saturated carbocycles. The van der Waals surface area contributed by atoms with Crippen molar-refractivity contribution in [1.29, 1.82) is 0 Å². The summed E-state index contributed by atoms with van der Waals surface area (Å²) in [5, 5.41) is 2.78. The van der Waals surface area contributed by atoms with Crippen molar-refractivity contribution in [3.05, 3.63) is 52.3 Å². The van der Waals surface area contributed by atoms with E-state index in [0.717, 1.165) is 42.2 Å². The average molecular weight is 414 g/mol. The largest absolute Gasteiger partial charge is 0.323 e. The fourth-order valence-corrected chi connectivity index (χ4v) is 4.08. The van der Waals surface area contributed by atoms with Crippen LogP contribution in [0.3, 0.4) is 0 Å². The number of anilines is 2. The summed E-state index contributed by atoms with van der Waals surface area (Å²) < 4.78 is 13.3. The molecule has 1 fully saturated rings. The fraction of sp³-hybridized carbons (Fsp3) is 0.318. The molecule has 0 saturated heterocycles. The first kappa shape index (κ1) is 19.6. The van der Waals surface area contributed by atoms with Gasteiger partial charge in [0.15, 0.2) is 0 Å². The van der Waals surface area contributed by atoms with Gasteiger partial charge in [-0.1, -0.05) is 11.6 Å². The second-order valence-electron chi connectivity index (χ2n) is 7.57. The molecular weight excluding hydrogens is 393 g/mol. The van der Waals surface area contributed by atoms with Crippen LogP contribution in [-0.4, -0.2) is 24.1 Å². The predicted octanol–water partition coefficient (Wildman–Crippen LogP) is 4.95. The van der Waals surface area contributed by atoms with Crippen LogP contribution in [0.4, 0.5) is 21.5 Å². The van der Waals surface area contributed by atoms with E-state index in [-0.39, 0.29) is 23.4 Å². The van der Waals surface area contributed by atoms with E-state index in [4.69, 9.17) is 16.6 Å². The number of hydrogen-bond donors (Lipinski definition) is 1. The lowest BCUT2D eigenvalue weighted by molar-refractivity contribution is -0.122. The molecule has 0 radical (unpaired) electrons. The summed E-state index contributed by atoms with van der Waals surface area (Å²) in [4.78, 5) is 32.3. The molecule has 2 aromatic rings. The van der Waals surface area contributed by atoms with E-state index < -0.39 is 11.7 Å². The first-order chi connectivity index (χ1) is 13.8. The van der Waals surface area contributed by atoms with Gasteiger partial charge in [0.25, 0.3) is 0 Å². The van der Waals surface area contributed by atoms with E-state index >= 15 is 0 Å². The molecular formula is C22H21ClFN3O2. The van der Waals surface area contributed by atoms with Crippen molar-refractivity contribution in [3.8, 4) is 0 Å². The summed E-state index contributed by atoms with van der Waals surface area (Å²) in [6.07, 6.45) is 2.46. The highest BCUT2D eigenvalue weighted by atomic mass is 35.5. The number of aryl methyl sites for hydroxylation is 2. The van der Waals surface area contributed by atoms with Gasteiger partial charge in [-0.2, -0.15) is 0 Å². The Kier molecular flexibility index (Phi) is 5.13. The zero-order valence-corrected chi connectivity index (χ0v) is 17.0. The SMILES string of the molecule is Cc1cc2c(cc1C)N(CC(=O)Nc1ccc(F)cc1Cl)C(=O)C1CCCC1=N2. The fourth-order valence-electron chi connectivity index (χ4n) is 3.87. The highest BCUT2D eigenvalue weighted by Gasteiger charge is 2.37. The van der Waals surface area contributed by atoms with Gasteiger partial charge in [-0.25, -0.2) is 4.39 Å². The summed E-state index contributed by atoms with van der Waals surface area (Å²) >= 11 is 6.01. The van der Waals surface area contributed by atoms with Gasteiger partial charge < -0.3 is 10.2 Å². The normalized spacial score (nSPS) is 18.1. The third-order valence-electron chi connectivity index (χ3n) is 5.54. The van der Waals surface area contributed by atoms with Crippen LogP contribution in [-0.2, 0) is 9.59 Å². The Morgan fingerprint density at radius 2 is 2.03 bits per heavy atom. The van der Waals surface area contributed by atoms with Crippen LogP contribution < -0.4 is 10.2 Å². The molecule has 1 aliphatic heterocycles. The molecule has 1 atom stereocenters. The standard InChI is InChI=1S/C22H21ClFN3O2/c1-12-8-19-20(9-13(12)2)27(22(29)15-4-3-5-17(15)25-19)11-21(28)26-18-7-6-14(24)10-16(18)23/h6-10,15H,3-5,11H2,1-2H3,(H,26,28). The van der Waals surface area contributed by atoms with Gasteiger partial charge in [0.2, 0.25) is 11.8 Å². The Morgan fingerprint density at radius 1 is 1.28 bits per heavy atom. The molecule has 1 aliphatic carbocycles. The van der Waals surface area contributed by atoms with Crippen LogP contribution >= 0.6 is 11.6 Å². The molecule has 0 aromatic heterocycles. The molecule has 4 rings (SSSR count). The quantitative estimate of drug-likeness (QED) is 0.773. The first-order valence-corrected chi connectivity index (χ1v) is 9.96. The average Bonchev–Trinajstić information content (AvgIpc) is 3.09. The van der Waals surface area contributed by atoms with E-state index in [2.05, 4.69) is 5.32 Å². The molecule has 150 valence electrons. The van der Waals surface area contributed by atoms with Crippen LogP contribution in [0.1, 0.15) is 30.4 Å². The third kappa shape index (κ3) is 3.77. The summed E-state index contributed by atoms with van der Waals surface area (Å²) in [5.41, 5.74) is 4.66. The number of hydrogen-bond acceptors (Lipinski definition) is 3. The van der Waals surface area contributed by atoms with Gasteiger partial charge in [-0.05, 0) is 74.6 Å². The number of benzene rings is 2. The van der Waals surface area contributed by atoms with E-state index in [1.54, 1.807) is 0 Å². The molecule has 1 heterocycles. The van der Waals surface area contributed by atoms with Crippen molar-refractivity contribution in [3.63, 3.8) is 0 Å². The molecule has 29 heavy (non-hydrogen) atoms. The molecule has 5 nitrogen and oxygen atoms in total. The van der Waals surface area contributed by atoms with E-state index in [9.17, 15) is 14.0 Å². The molecule has 1 unspecified atom stereocenters. The lowest BCUT2D eigenvalue weighted by atomic mass is 10.0. The maximum Gasteiger partial charge on any atom is 0.244 e. The van der Waals surface area contributed by atoms with Gasteiger partial charge in [0, 0.05) is 5.71 Å². The van der Waals surface area contributed by atoms with Crippen LogP contribution in [0.5, 0.6) is 0 Å². The van der Waals surface area contributed by atoms with Gasteiger partial charge in [-0.3, -0.25) is 14.6 Å². The first-order valence-electron chi connectivity index (χ1n) is 9.58. The van der Waals surface area contributed by atoms with Crippen LogP contribution in [0.2, 0.25) is 5.02 Å². The van der Waals surface area contributed by atoms with Crippen molar-refractivity contribution in [1.82, 2.24) is 0 Å². The number of nitrogens with one attached hydrogen (secondary N) is 1. The number of nitrogens with zero attached hydrogens (tertiary/aromatic N) is 2. The van der Waals surface area contributed by atoms with E-state index in [1.807, 2.05) is 26.0 Å². The number of amides is 2. The third-order valence-corrected chi connectivity index (χ3v) is 5.86. The molecule has 0 spiro atoms. The number of carbonyl (C=O) groups excluding carboxylic acids is 2. The zero-order valence-electron chi connectivity index (χ0n) is 16.3. The molecule has 0 bridgehead atoms. The molecule has 2 aliphatic rings. The Labute approximate surface area is 173 Å². The summed E-state index contributed by atoms with van der Waals surface area (Å²) in [5.74, 6) is -1.28. The maximum atomic E-state index is 13.3. The minimum atomic E-state index is -0.485. The second-order valence-corrected chi connectivity index (χ2v) is 7.98. The summed E-state index contributed by atoms with van der Waals surface area (Å²) in [7, 11) is 0. The second kappa shape index (κ2) is 7.59. The minimum Gasteiger partial charge on any atom is -0.323 e. The molecule has 7 heteroatoms. The van der Waals surface area contributed by atoms with Gasteiger partial charge in [-0.15, -0.1) is 0 Å². The summed E-state index contributed by atoms with van der Waals surface area (Å²) in [6.45, 7) is 3.80. The Bertz CT molecular complexity index is 1050. The number of aliphatic imine (C=N–C) groups is 1. The van der Waals surface area contributed by atoms with Crippen LogP contribution in [0.15, 0.2) is 35.3 Å². The number of fused-ring (bicyclic) bond motifs is 2. The highest BCUT2D eigenvalue weighted by molar-refractivity contribution is 6.33. The number of carbonyl (C=O) groups is 2. The molecule has 2 aromatic carbocycles. The van der Waals surface area contributed by atoms with E-state index in [1.165, 1.54) is 17.0 Å². The molecule has 2 amide bonds. The van der Waals surface area contributed by atoms with Crippen molar-refractivity contribution < 1.29 is 14.0 Å². The topological polar surface area (TPSA) is 61.8 Å². The highest BCUT2D eigenvalue weighted by Crippen LogP contribution is 2.39. The number of rotatable bonds is 3. The van der Waals surface area contributed by atoms with Crippen LogP contribution in [0, 0.1) is 25.6 Å². The Hall–Kier alpha value is -2.73. The predicted molar refractivity (Wildman–Crippen MR) is 113 cm³/mol. The Balaban J connectivity index is 1.66. The summed E-state index contributed by atoms with van der Waals surface area (Å²) in [6, 6.07) is 7.63.